The number of nitrogens with zero attached hydrogens (tertiary/aromatic N) is 2. The summed E-state index contributed by atoms with van der Waals surface area (Å²) in [5.41, 5.74) is 2.90. The van der Waals surface area contributed by atoms with Gasteiger partial charge in [0.05, 0.1) is 37.5 Å². The third kappa shape index (κ3) is 9.09. The maximum atomic E-state index is 13.7. The highest BCUT2D eigenvalue weighted by Crippen LogP contribution is 2.62. The van der Waals surface area contributed by atoms with Crippen LogP contribution in [0.2, 0.25) is 0 Å². The monoisotopic (exact) mass is 760 g/mol. The van der Waals surface area contributed by atoms with Crippen molar-refractivity contribution in [1.82, 2.24) is 4.90 Å². The normalized spacial score (nSPS) is 24.3. The number of allylic oxidation sites excluding steroid dienone is 1. The molecule has 1 fully saturated rings. The fourth-order valence-electron chi connectivity index (χ4n) is 8.40. The number of hydrogen-bond acceptors (Lipinski definition) is 11. The molecule has 1 amide bonds. The van der Waals surface area contributed by atoms with Crippen molar-refractivity contribution in [3.63, 3.8) is 0 Å². The Balaban J connectivity index is 1.73. The van der Waals surface area contributed by atoms with Crippen LogP contribution in [0.15, 0.2) is 78.5 Å². The van der Waals surface area contributed by atoms with Gasteiger partial charge in [-0.3, -0.25) is 4.79 Å². The van der Waals surface area contributed by atoms with E-state index in [2.05, 4.69) is 24.4 Å². The van der Waals surface area contributed by atoms with Crippen molar-refractivity contribution in [1.29, 1.82) is 0 Å². The van der Waals surface area contributed by atoms with Gasteiger partial charge in [0.2, 0.25) is 5.79 Å². The van der Waals surface area contributed by atoms with Crippen LogP contribution in [0.1, 0.15) is 80.1 Å². The van der Waals surface area contributed by atoms with E-state index in [-0.39, 0.29) is 50.6 Å². The molecule has 1 heterocycles. The lowest BCUT2D eigenvalue weighted by Crippen LogP contribution is -2.69. The molecule has 0 saturated heterocycles. The molecule has 0 spiro atoms. The van der Waals surface area contributed by atoms with E-state index in [0.717, 1.165) is 43.1 Å². The second kappa shape index (κ2) is 19.8. The van der Waals surface area contributed by atoms with Crippen LogP contribution in [0.5, 0.6) is 23.0 Å². The predicted molar refractivity (Wildman–Crippen MR) is 209 cm³/mol. The largest absolute Gasteiger partial charge is 0.496 e. The summed E-state index contributed by atoms with van der Waals surface area (Å²) in [6.45, 7) is 10.4. The summed E-state index contributed by atoms with van der Waals surface area (Å²) in [4.78, 5) is 32.8. The highest BCUT2D eigenvalue weighted by Gasteiger charge is 2.65. The second-order valence-electron chi connectivity index (χ2n) is 14.1. The molecule has 3 aliphatic rings. The molecule has 12 nitrogen and oxygen atoms in total. The Bertz CT molecular complexity index is 1710. The Morgan fingerprint density at radius 2 is 1.80 bits per heavy atom. The summed E-state index contributed by atoms with van der Waals surface area (Å²) in [7, 11) is 3.20. The zero-order valence-corrected chi connectivity index (χ0v) is 32.3. The summed E-state index contributed by atoms with van der Waals surface area (Å²) in [6, 6.07) is 10.1. The maximum absolute atomic E-state index is 13.7. The number of rotatable bonds is 21. The first-order valence-electron chi connectivity index (χ1n) is 19.3. The van der Waals surface area contributed by atoms with Crippen LogP contribution < -0.4 is 14.2 Å². The number of methoxy groups -OCH3 is 1. The molecule has 0 radical (unpaired) electrons. The van der Waals surface area contributed by atoms with Crippen molar-refractivity contribution in [3.05, 3.63) is 84.5 Å². The van der Waals surface area contributed by atoms with Crippen LogP contribution in [0.3, 0.4) is 0 Å². The molecular weight excluding hydrogens is 704 g/mol. The van der Waals surface area contributed by atoms with Crippen molar-refractivity contribution in [2.75, 3.05) is 47.2 Å². The molecule has 1 aliphatic heterocycles. The van der Waals surface area contributed by atoms with Gasteiger partial charge in [0.15, 0.2) is 6.29 Å². The first-order chi connectivity index (χ1) is 26.8. The Kier molecular flexibility index (Phi) is 14.9. The minimum absolute atomic E-state index is 0.0446. The number of likely N-dealkylation sites (N-methyl/N-ethyl adjacent to an activating group) is 1. The Morgan fingerprint density at radius 3 is 2.49 bits per heavy atom. The van der Waals surface area contributed by atoms with Gasteiger partial charge >= 0.3 is 6.09 Å². The average Bonchev–Trinajstić information content (AvgIpc) is 3.20. The molecule has 2 N–H and O–H groups in total. The van der Waals surface area contributed by atoms with E-state index < -0.39 is 23.8 Å². The fourth-order valence-corrected chi connectivity index (χ4v) is 8.40. The van der Waals surface area contributed by atoms with E-state index in [9.17, 15) is 19.8 Å². The highest BCUT2D eigenvalue weighted by molar-refractivity contribution is 6.03. The summed E-state index contributed by atoms with van der Waals surface area (Å²) >= 11 is 0. The number of fused-ring (bicyclic) bond motifs is 2. The topological polar surface area (TPSA) is 146 Å². The highest BCUT2D eigenvalue weighted by atomic mass is 16.7. The van der Waals surface area contributed by atoms with Gasteiger partial charge in [-0.2, -0.15) is 0 Å². The number of aliphatic hydroxyl groups is 2. The van der Waals surface area contributed by atoms with Gasteiger partial charge in [-0.15, -0.1) is 13.2 Å². The molecule has 298 valence electrons. The number of aliphatic hydroxyl groups excluding tert-OH is 2. The van der Waals surface area contributed by atoms with E-state index in [1.807, 2.05) is 25.1 Å². The molecule has 2 aliphatic carbocycles. The molecule has 55 heavy (non-hydrogen) atoms. The zero-order valence-electron chi connectivity index (χ0n) is 32.3. The molecule has 5 rings (SSSR count). The van der Waals surface area contributed by atoms with Crippen LogP contribution in [0.4, 0.5) is 4.79 Å². The van der Waals surface area contributed by atoms with Crippen molar-refractivity contribution in [2.24, 2.45) is 22.9 Å². The number of oxime groups is 1. The molecular formula is C43H56N2O10. The van der Waals surface area contributed by atoms with Crippen molar-refractivity contribution >= 4 is 18.1 Å². The minimum Gasteiger partial charge on any atom is -0.496 e. The van der Waals surface area contributed by atoms with Gasteiger partial charge in [0.1, 0.15) is 35.6 Å². The molecule has 0 aromatic heterocycles. The van der Waals surface area contributed by atoms with Crippen LogP contribution in [-0.2, 0) is 14.3 Å². The minimum atomic E-state index is -1.39. The fraction of sp³-hybridized carbons (Fsp3) is 0.512. The molecule has 0 bridgehead atoms. The summed E-state index contributed by atoms with van der Waals surface area (Å²) in [5.74, 6) is 0.0911. The quantitative estimate of drug-likeness (QED) is 0.0565. The molecule has 1 saturated carbocycles. The van der Waals surface area contributed by atoms with E-state index in [1.54, 1.807) is 42.3 Å². The second-order valence-corrected chi connectivity index (χ2v) is 14.1. The number of aldehydes is 1. The SMILES string of the molecule is C=CCCOC(=O)N(C)[C@H]1CC(=NOCC)C2=C[C@H](CCCCO)[C@@H](CCCCO)[C@@H]3c4cc(Oc5ccc(OC)c(C=O)c5)ccc4O[C@@]1(OCC=C)[C@H]23. The number of benzene rings is 2. The van der Waals surface area contributed by atoms with Gasteiger partial charge in [-0.25, -0.2) is 4.79 Å². The Hall–Kier alpha value is -4.65. The Morgan fingerprint density at radius 1 is 1.05 bits per heavy atom. The lowest BCUT2D eigenvalue weighted by atomic mass is 9.55. The third-order valence-electron chi connectivity index (χ3n) is 10.8. The molecule has 0 unspecified atom stereocenters. The van der Waals surface area contributed by atoms with Crippen molar-refractivity contribution in [3.8, 4) is 23.0 Å². The third-order valence-corrected chi connectivity index (χ3v) is 10.8. The molecule has 12 heteroatoms. The van der Waals surface area contributed by atoms with Gasteiger partial charge in [-0.1, -0.05) is 36.2 Å². The van der Waals surface area contributed by atoms with Crippen LogP contribution >= 0.6 is 0 Å². The average molecular weight is 761 g/mol. The van der Waals surface area contributed by atoms with E-state index >= 15 is 0 Å². The number of amides is 1. The first kappa shape index (κ1) is 41.5. The van der Waals surface area contributed by atoms with Gasteiger partial charge in [0.25, 0.3) is 0 Å². The van der Waals surface area contributed by atoms with Crippen LogP contribution in [-0.4, -0.2) is 92.2 Å². The molecule has 6 atom stereocenters. The van der Waals surface area contributed by atoms with E-state index in [0.29, 0.717) is 60.1 Å². The molecule has 2 aromatic carbocycles. The maximum Gasteiger partial charge on any atom is 0.409 e. The Labute approximate surface area is 324 Å². The first-order valence-corrected chi connectivity index (χ1v) is 19.3. The van der Waals surface area contributed by atoms with Crippen LogP contribution in [0, 0.1) is 17.8 Å². The van der Waals surface area contributed by atoms with Gasteiger partial charge in [-0.05, 0) is 92.8 Å². The number of hydrogen-bond donors (Lipinski definition) is 2. The number of carbonyl (C=O) groups excluding carboxylic acids is 2. The van der Waals surface area contributed by atoms with E-state index in [1.165, 1.54) is 7.11 Å². The number of unbranched alkanes of at least 4 members (excludes halogenated alkanes) is 2. The van der Waals surface area contributed by atoms with Gasteiger partial charge in [0, 0.05) is 38.2 Å². The lowest BCUT2D eigenvalue weighted by molar-refractivity contribution is -0.253. The summed E-state index contributed by atoms with van der Waals surface area (Å²) in [5, 5.41) is 24.3. The zero-order chi connectivity index (χ0) is 39.4. The lowest BCUT2D eigenvalue weighted by Gasteiger charge is -2.59. The number of carbonyl (C=O) groups is 2. The van der Waals surface area contributed by atoms with E-state index in [4.69, 9.17) is 28.5 Å². The standard InChI is InChI=1S/C43H56N2O10/c1-6-9-23-51-42(49)45(4)39-27-36(44-53-8-3)34-25-29(14-10-12-20-46)33(15-11-13-21-47)40-35-26-32(54-31-16-18-37(50-5)30(24-31)28-48)17-19-38(35)55-43(39,41(34)40)52-22-7-2/h6-7,16-19,24-26,28-29,33,39-41,46-47H,1-2,8-15,20-23,27H2,3-5H3/t29-,33+,39-,40+,41+,43+/m0/s1. The van der Waals surface area contributed by atoms with Crippen molar-refractivity contribution < 1.29 is 48.3 Å². The van der Waals surface area contributed by atoms with Crippen LogP contribution in [0.25, 0.3) is 0 Å². The van der Waals surface area contributed by atoms with Crippen molar-refractivity contribution in [2.45, 2.75) is 76.0 Å². The summed E-state index contributed by atoms with van der Waals surface area (Å²) in [6.07, 6.45) is 11.2. The molecule has 2 aromatic rings. The predicted octanol–water partition coefficient (Wildman–Crippen LogP) is 7.60. The summed E-state index contributed by atoms with van der Waals surface area (Å²) < 4.78 is 31.4. The van der Waals surface area contributed by atoms with Gasteiger partial charge < -0.3 is 43.6 Å². The number of ether oxygens (including phenoxy) is 5. The smallest absolute Gasteiger partial charge is 0.409 e.